The van der Waals surface area contributed by atoms with Crippen LogP contribution in [0.25, 0.3) is 21.9 Å². The number of ether oxygens (including phenoxy) is 3. The van der Waals surface area contributed by atoms with Crippen molar-refractivity contribution >= 4 is 27.8 Å². The van der Waals surface area contributed by atoms with E-state index in [0.29, 0.717) is 17.2 Å². The summed E-state index contributed by atoms with van der Waals surface area (Å²) in [4.78, 5) is 12.5. The van der Waals surface area contributed by atoms with Gasteiger partial charge in [-0.1, -0.05) is 18.2 Å². The minimum atomic E-state index is -0.272. The van der Waals surface area contributed by atoms with Gasteiger partial charge < -0.3 is 23.9 Å². The van der Waals surface area contributed by atoms with E-state index in [0.717, 1.165) is 27.5 Å². The molecule has 4 rings (SSSR count). The highest BCUT2D eigenvalue weighted by atomic mass is 16.5. The van der Waals surface area contributed by atoms with E-state index in [2.05, 4.69) is 5.32 Å². The maximum absolute atomic E-state index is 12.5. The van der Waals surface area contributed by atoms with Crippen molar-refractivity contribution in [1.29, 1.82) is 0 Å². The Balaban J connectivity index is 1.44. The van der Waals surface area contributed by atoms with Gasteiger partial charge >= 0.3 is 0 Å². The number of amides is 1. The first-order valence-electron chi connectivity index (χ1n) is 9.64. The molecule has 1 heterocycles. The van der Waals surface area contributed by atoms with Crippen LogP contribution in [0.3, 0.4) is 0 Å². The van der Waals surface area contributed by atoms with Gasteiger partial charge in [0.05, 0.1) is 20.3 Å². The molecule has 1 amide bonds. The summed E-state index contributed by atoms with van der Waals surface area (Å²) >= 11 is 0. The minimum absolute atomic E-state index is 0.0993. The number of methoxy groups -OCH3 is 2. The van der Waals surface area contributed by atoms with Gasteiger partial charge in [-0.05, 0) is 49.4 Å². The largest absolute Gasteiger partial charge is 0.497 e. The van der Waals surface area contributed by atoms with Crippen LogP contribution in [-0.4, -0.2) is 26.7 Å². The number of hydrogen-bond acceptors (Lipinski definition) is 5. The molecule has 0 saturated heterocycles. The average molecular weight is 405 g/mol. The number of rotatable bonds is 7. The van der Waals surface area contributed by atoms with Crippen LogP contribution in [-0.2, 0) is 4.79 Å². The Hall–Kier alpha value is -3.67. The van der Waals surface area contributed by atoms with Crippen LogP contribution < -0.4 is 19.5 Å². The number of para-hydroxylation sites is 1. The lowest BCUT2D eigenvalue weighted by Gasteiger charge is -2.18. The monoisotopic (exact) mass is 405 g/mol. The molecule has 1 aromatic heterocycles. The van der Waals surface area contributed by atoms with Gasteiger partial charge in [0.15, 0.2) is 6.61 Å². The van der Waals surface area contributed by atoms with E-state index in [-0.39, 0.29) is 18.6 Å². The number of furan rings is 1. The van der Waals surface area contributed by atoms with Crippen molar-refractivity contribution in [3.63, 3.8) is 0 Å². The lowest BCUT2D eigenvalue weighted by atomic mass is 10.1. The molecule has 154 valence electrons. The van der Waals surface area contributed by atoms with Crippen molar-refractivity contribution in [1.82, 2.24) is 5.32 Å². The fourth-order valence-corrected chi connectivity index (χ4v) is 3.48. The molecular weight excluding hydrogens is 382 g/mol. The summed E-state index contributed by atoms with van der Waals surface area (Å²) < 4.78 is 22.2. The Labute approximate surface area is 174 Å². The molecule has 0 aliphatic heterocycles. The molecule has 0 spiro atoms. The van der Waals surface area contributed by atoms with E-state index in [1.807, 2.05) is 61.5 Å². The van der Waals surface area contributed by atoms with Gasteiger partial charge in [0.1, 0.15) is 28.4 Å². The molecule has 6 heteroatoms. The molecule has 0 saturated carbocycles. The highest BCUT2D eigenvalue weighted by Gasteiger charge is 2.16. The zero-order valence-corrected chi connectivity index (χ0v) is 17.1. The van der Waals surface area contributed by atoms with Crippen molar-refractivity contribution in [2.24, 2.45) is 0 Å². The Kier molecular flexibility index (Phi) is 5.48. The second-order valence-corrected chi connectivity index (χ2v) is 6.94. The number of fused-ring (bicyclic) bond motifs is 3. The van der Waals surface area contributed by atoms with E-state index in [1.165, 1.54) is 0 Å². The summed E-state index contributed by atoms with van der Waals surface area (Å²) in [5.74, 6) is 1.76. The van der Waals surface area contributed by atoms with E-state index in [1.54, 1.807) is 20.3 Å². The Morgan fingerprint density at radius 3 is 2.50 bits per heavy atom. The zero-order valence-electron chi connectivity index (χ0n) is 17.1. The first-order chi connectivity index (χ1) is 14.6. The van der Waals surface area contributed by atoms with E-state index in [9.17, 15) is 4.79 Å². The second kappa shape index (κ2) is 8.37. The quantitative estimate of drug-likeness (QED) is 0.476. The molecule has 0 unspecified atom stereocenters. The molecule has 0 fully saturated rings. The highest BCUT2D eigenvalue weighted by molar-refractivity contribution is 6.05. The predicted molar refractivity (Wildman–Crippen MR) is 115 cm³/mol. The summed E-state index contributed by atoms with van der Waals surface area (Å²) in [5.41, 5.74) is 2.44. The lowest BCUT2D eigenvalue weighted by molar-refractivity contribution is -0.123. The van der Waals surface area contributed by atoms with Crippen molar-refractivity contribution in [2.75, 3.05) is 20.8 Å². The summed E-state index contributed by atoms with van der Waals surface area (Å²) in [6.07, 6.45) is 0. The predicted octanol–water partition coefficient (Wildman–Crippen LogP) is 4.86. The molecular formula is C24H23NO5. The molecule has 30 heavy (non-hydrogen) atoms. The zero-order chi connectivity index (χ0) is 21.1. The van der Waals surface area contributed by atoms with Gasteiger partial charge in [-0.15, -0.1) is 0 Å². The number of benzene rings is 3. The van der Waals surface area contributed by atoms with Gasteiger partial charge in [-0.25, -0.2) is 0 Å². The molecule has 3 aromatic carbocycles. The maximum atomic E-state index is 12.5. The number of nitrogens with one attached hydrogen (secondary N) is 1. The van der Waals surface area contributed by atoms with Crippen molar-refractivity contribution < 1.29 is 23.4 Å². The second-order valence-electron chi connectivity index (χ2n) is 6.94. The third-order valence-corrected chi connectivity index (χ3v) is 5.00. The van der Waals surface area contributed by atoms with E-state index < -0.39 is 0 Å². The van der Waals surface area contributed by atoms with Crippen LogP contribution in [0.4, 0.5) is 0 Å². The first-order valence-corrected chi connectivity index (χ1v) is 9.64. The average Bonchev–Trinajstić information content (AvgIpc) is 3.15. The Morgan fingerprint density at radius 2 is 1.70 bits per heavy atom. The molecule has 0 aliphatic carbocycles. The van der Waals surface area contributed by atoms with Gasteiger partial charge in [0.25, 0.3) is 5.91 Å². The fraction of sp³-hybridized carbons (Fsp3) is 0.208. The highest BCUT2D eigenvalue weighted by Crippen LogP contribution is 2.31. The van der Waals surface area contributed by atoms with E-state index in [4.69, 9.17) is 18.6 Å². The molecule has 0 bridgehead atoms. The molecule has 6 nitrogen and oxygen atoms in total. The van der Waals surface area contributed by atoms with Gasteiger partial charge in [0.2, 0.25) is 0 Å². The molecule has 1 N–H and O–H groups in total. The fourth-order valence-electron chi connectivity index (χ4n) is 3.48. The number of carbonyl (C=O) groups is 1. The summed E-state index contributed by atoms with van der Waals surface area (Å²) in [7, 11) is 3.20. The normalized spacial score (nSPS) is 12.0. The SMILES string of the molecule is COc1ccc(OC)c([C@@H](C)NC(=O)COc2ccc3oc4ccccc4c3c2)c1. The third-order valence-electron chi connectivity index (χ3n) is 5.00. The smallest absolute Gasteiger partial charge is 0.258 e. The Morgan fingerprint density at radius 1 is 0.933 bits per heavy atom. The molecule has 4 aromatic rings. The van der Waals surface area contributed by atoms with Gasteiger partial charge in [-0.3, -0.25) is 4.79 Å². The van der Waals surface area contributed by atoms with Crippen LogP contribution in [0.1, 0.15) is 18.5 Å². The number of hydrogen-bond donors (Lipinski definition) is 1. The summed E-state index contributed by atoms with van der Waals surface area (Å²) in [5, 5.41) is 4.91. The summed E-state index contributed by atoms with van der Waals surface area (Å²) in [6, 6.07) is 18.6. The molecule has 1 atom stereocenters. The standard InChI is InChI=1S/C24H23NO5/c1-15(19-12-16(27-2)8-10-21(19)28-3)25-24(26)14-29-17-9-11-23-20(13-17)18-6-4-5-7-22(18)30-23/h4-13,15H,14H2,1-3H3,(H,25,26)/t15-/m1/s1. The van der Waals surface area contributed by atoms with E-state index >= 15 is 0 Å². The molecule has 0 radical (unpaired) electrons. The molecule has 0 aliphatic rings. The van der Waals surface area contributed by atoms with Crippen LogP contribution in [0, 0.1) is 0 Å². The minimum Gasteiger partial charge on any atom is -0.497 e. The third kappa shape index (κ3) is 3.89. The number of carbonyl (C=O) groups excluding carboxylic acids is 1. The van der Waals surface area contributed by atoms with Crippen LogP contribution in [0.5, 0.6) is 17.2 Å². The van der Waals surface area contributed by atoms with Gasteiger partial charge in [-0.2, -0.15) is 0 Å². The van der Waals surface area contributed by atoms with Crippen LogP contribution in [0.2, 0.25) is 0 Å². The van der Waals surface area contributed by atoms with Crippen molar-refractivity contribution in [3.8, 4) is 17.2 Å². The topological polar surface area (TPSA) is 69.9 Å². The maximum Gasteiger partial charge on any atom is 0.258 e. The van der Waals surface area contributed by atoms with Crippen LogP contribution >= 0.6 is 0 Å². The van der Waals surface area contributed by atoms with Gasteiger partial charge in [0, 0.05) is 16.3 Å². The lowest BCUT2D eigenvalue weighted by Crippen LogP contribution is -2.31. The first kappa shape index (κ1) is 19.6. The van der Waals surface area contributed by atoms with Crippen LogP contribution in [0.15, 0.2) is 65.1 Å². The Bertz CT molecular complexity index is 1200. The van der Waals surface area contributed by atoms with Crippen molar-refractivity contribution in [2.45, 2.75) is 13.0 Å². The summed E-state index contributed by atoms with van der Waals surface area (Å²) in [6.45, 7) is 1.79. The van der Waals surface area contributed by atoms with Crippen molar-refractivity contribution in [3.05, 3.63) is 66.2 Å².